The first-order valence-corrected chi connectivity index (χ1v) is 10.5. The molecule has 3 heterocycles. The number of ether oxygens (including phenoxy) is 1. The third-order valence-corrected chi connectivity index (χ3v) is 6.41. The molecule has 7 nitrogen and oxygen atoms in total. The Bertz CT molecular complexity index is 827. The van der Waals surface area contributed by atoms with Crippen LogP contribution in [0.1, 0.15) is 16.9 Å². The Hall–Kier alpha value is -1.42. The van der Waals surface area contributed by atoms with E-state index in [2.05, 4.69) is 20.2 Å². The quantitative estimate of drug-likeness (QED) is 0.419. The van der Waals surface area contributed by atoms with E-state index in [1.807, 2.05) is 13.8 Å². The molecule has 0 saturated carbocycles. The Morgan fingerprint density at radius 3 is 2.92 bits per heavy atom. The molecule has 2 aromatic heterocycles. The minimum absolute atomic E-state index is 0.0433. The fourth-order valence-corrected chi connectivity index (χ4v) is 4.62. The van der Waals surface area contributed by atoms with E-state index in [-0.39, 0.29) is 17.2 Å². The first kappa shape index (κ1) is 19.3. The minimum atomic E-state index is -0.134. The van der Waals surface area contributed by atoms with Gasteiger partial charge in [0.15, 0.2) is 5.16 Å². The van der Waals surface area contributed by atoms with E-state index in [1.54, 1.807) is 0 Å². The lowest BCUT2D eigenvalue weighted by molar-refractivity contribution is -0.118. The predicted molar refractivity (Wildman–Crippen MR) is 105 cm³/mol. The van der Waals surface area contributed by atoms with Crippen LogP contribution in [0.15, 0.2) is 9.95 Å². The molecule has 0 aliphatic carbocycles. The van der Waals surface area contributed by atoms with Crippen LogP contribution in [0.25, 0.3) is 10.2 Å². The number of H-pyrrole nitrogens is 1. The largest absolute Gasteiger partial charge is 0.379 e. The smallest absolute Gasteiger partial charge is 0.260 e. The lowest BCUT2D eigenvalue weighted by atomic mass is 10.2. The number of carbonyl (C=O) groups excluding carboxylic acids is 1. The van der Waals surface area contributed by atoms with Gasteiger partial charge in [0.25, 0.3) is 5.56 Å². The number of hydrogen-bond donors (Lipinski definition) is 2. The molecule has 0 aromatic carbocycles. The number of thioether (sulfide) groups is 1. The van der Waals surface area contributed by atoms with Crippen LogP contribution in [0.5, 0.6) is 0 Å². The number of thiophene rings is 1. The number of aryl methyl sites for hydroxylation is 2. The number of carbonyl (C=O) groups is 1. The Kier molecular flexibility index (Phi) is 6.68. The van der Waals surface area contributed by atoms with Crippen molar-refractivity contribution >= 4 is 39.2 Å². The van der Waals surface area contributed by atoms with Crippen molar-refractivity contribution in [2.75, 3.05) is 45.1 Å². The molecule has 0 spiro atoms. The zero-order valence-electron chi connectivity index (χ0n) is 15.1. The Balaban J connectivity index is 1.44. The van der Waals surface area contributed by atoms with E-state index in [0.29, 0.717) is 17.1 Å². The maximum Gasteiger partial charge on any atom is 0.260 e. The van der Waals surface area contributed by atoms with Crippen molar-refractivity contribution in [1.82, 2.24) is 20.2 Å². The highest BCUT2D eigenvalue weighted by atomic mass is 32.2. The van der Waals surface area contributed by atoms with Gasteiger partial charge in [-0.2, -0.15) is 0 Å². The number of nitrogens with one attached hydrogen (secondary N) is 2. The van der Waals surface area contributed by atoms with E-state index in [1.165, 1.54) is 23.1 Å². The highest BCUT2D eigenvalue weighted by Gasteiger charge is 2.13. The third kappa shape index (κ3) is 4.85. The van der Waals surface area contributed by atoms with Gasteiger partial charge in [0, 0.05) is 24.5 Å². The van der Waals surface area contributed by atoms with Gasteiger partial charge in [0.2, 0.25) is 5.91 Å². The molecule has 26 heavy (non-hydrogen) atoms. The lowest BCUT2D eigenvalue weighted by Gasteiger charge is -2.26. The van der Waals surface area contributed by atoms with E-state index in [4.69, 9.17) is 4.74 Å². The summed E-state index contributed by atoms with van der Waals surface area (Å²) in [4.78, 5) is 35.6. The summed E-state index contributed by atoms with van der Waals surface area (Å²) in [7, 11) is 0. The van der Waals surface area contributed by atoms with E-state index in [9.17, 15) is 9.59 Å². The molecule has 1 aliphatic heterocycles. The number of aromatic amines is 1. The number of rotatable bonds is 7. The maximum absolute atomic E-state index is 12.2. The average molecular weight is 397 g/mol. The van der Waals surface area contributed by atoms with E-state index >= 15 is 0 Å². The topological polar surface area (TPSA) is 87.3 Å². The lowest BCUT2D eigenvalue weighted by Crippen LogP contribution is -2.38. The van der Waals surface area contributed by atoms with Gasteiger partial charge in [-0.3, -0.25) is 14.5 Å². The summed E-state index contributed by atoms with van der Waals surface area (Å²) < 4.78 is 5.32. The van der Waals surface area contributed by atoms with Crippen molar-refractivity contribution in [3.8, 4) is 0 Å². The summed E-state index contributed by atoms with van der Waals surface area (Å²) in [6.07, 6.45) is 0.922. The number of morpholine rings is 1. The van der Waals surface area contributed by atoms with Crippen molar-refractivity contribution in [3.05, 3.63) is 20.8 Å². The first-order chi connectivity index (χ1) is 12.5. The van der Waals surface area contributed by atoms with Gasteiger partial charge in [0.05, 0.1) is 24.4 Å². The van der Waals surface area contributed by atoms with Crippen LogP contribution in [0.2, 0.25) is 0 Å². The molecule has 2 aromatic rings. The zero-order valence-corrected chi connectivity index (χ0v) is 16.7. The monoisotopic (exact) mass is 396 g/mol. The number of fused-ring (bicyclic) bond motifs is 1. The number of nitrogens with zero attached hydrogens (tertiary/aromatic N) is 2. The van der Waals surface area contributed by atoms with Crippen LogP contribution in [0.4, 0.5) is 0 Å². The van der Waals surface area contributed by atoms with Crippen molar-refractivity contribution in [3.63, 3.8) is 0 Å². The van der Waals surface area contributed by atoms with Crippen LogP contribution in [0, 0.1) is 13.8 Å². The van der Waals surface area contributed by atoms with Crippen LogP contribution in [-0.4, -0.2) is 65.9 Å². The number of aromatic nitrogens is 2. The molecule has 1 aliphatic rings. The molecule has 2 N–H and O–H groups in total. The van der Waals surface area contributed by atoms with Crippen molar-refractivity contribution in [1.29, 1.82) is 0 Å². The normalized spacial score (nSPS) is 15.5. The first-order valence-electron chi connectivity index (χ1n) is 8.74. The van der Waals surface area contributed by atoms with Crippen molar-refractivity contribution in [2.45, 2.75) is 25.4 Å². The molecule has 1 amide bonds. The zero-order chi connectivity index (χ0) is 18.5. The molecule has 9 heteroatoms. The van der Waals surface area contributed by atoms with Gasteiger partial charge in [-0.15, -0.1) is 11.3 Å². The molecule has 142 valence electrons. The van der Waals surface area contributed by atoms with Crippen molar-refractivity contribution < 1.29 is 9.53 Å². The Labute approximate surface area is 160 Å². The van der Waals surface area contributed by atoms with Crippen LogP contribution >= 0.6 is 23.1 Å². The van der Waals surface area contributed by atoms with Crippen LogP contribution < -0.4 is 10.9 Å². The second-order valence-electron chi connectivity index (χ2n) is 6.28. The second kappa shape index (κ2) is 8.98. The summed E-state index contributed by atoms with van der Waals surface area (Å²) in [5.41, 5.74) is 0.846. The number of amides is 1. The Morgan fingerprint density at radius 2 is 2.15 bits per heavy atom. The van der Waals surface area contributed by atoms with Gasteiger partial charge in [-0.1, -0.05) is 11.8 Å². The maximum atomic E-state index is 12.2. The molecule has 0 atom stereocenters. The highest BCUT2D eigenvalue weighted by molar-refractivity contribution is 7.99. The molecular formula is C17H24N4O3S2. The Morgan fingerprint density at radius 1 is 1.38 bits per heavy atom. The standard InChI is InChI=1S/C17H24N4O3S2/c1-11-12(2)26-16-14(11)15(23)19-17(20-16)25-10-13(22)18-4-3-5-21-6-8-24-9-7-21/h3-10H2,1-2H3,(H,18,22)(H,19,20,23). The average Bonchev–Trinajstić information content (AvgIpc) is 2.92. The second-order valence-corrected chi connectivity index (χ2v) is 8.45. The number of hydrogen-bond acceptors (Lipinski definition) is 7. The minimum Gasteiger partial charge on any atom is -0.379 e. The summed E-state index contributed by atoms with van der Waals surface area (Å²) in [5, 5.41) is 4.07. The summed E-state index contributed by atoms with van der Waals surface area (Å²) in [5.74, 6) is 0.202. The predicted octanol–water partition coefficient (Wildman–Crippen LogP) is 1.53. The molecule has 1 saturated heterocycles. The van der Waals surface area contributed by atoms with Crippen LogP contribution in [0.3, 0.4) is 0 Å². The summed E-state index contributed by atoms with van der Waals surface area (Å²) >= 11 is 2.77. The summed E-state index contributed by atoms with van der Waals surface area (Å²) in [6.45, 7) is 9.06. The molecule has 0 radical (unpaired) electrons. The van der Waals surface area contributed by atoms with E-state index < -0.39 is 0 Å². The third-order valence-electron chi connectivity index (χ3n) is 4.43. The molecule has 3 rings (SSSR count). The fourth-order valence-electron chi connectivity index (χ4n) is 2.84. The fraction of sp³-hybridized carbons (Fsp3) is 0.588. The molecule has 1 fully saturated rings. The summed E-state index contributed by atoms with van der Waals surface area (Å²) in [6, 6.07) is 0. The van der Waals surface area contributed by atoms with E-state index in [0.717, 1.165) is 54.5 Å². The van der Waals surface area contributed by atoms with Gasteiger partial charge in [-0.25, -0.2) is 4.98 Å². The SMILES string of the molecule is Cc1sc2nc(SCC(=O)NCCCN3CCOCC3)[nH]c(=O)c2c1C. The van der Waals surface area contributed by atoms with Gasteiger partial charge >= 0.3 is 0 Å². The molecule has 0 unspecified atom stereocenters. The van der Waals surface area contributed by atoms with Gasteiger partial charge in [-0.05, 0) is 32.4 Å². The van der Waals surface area contributed by atoms with Gasteiger partial charge < -0.3 is 15.0 Å². The molecular weight excluding hydrogens is 372 g/mol. The van der Waals surface area contributed by atoms with Gasteiger partial charge in [0.1, 0.15) is 4.83 Å². The van der Waals surface area contributed by atoms with Crippen LogP contribution in [-0.2, 0) is 9.53 Å². The van der Waals surface area contributed by atoms with Crippen molar-refractivity contribution in [2.24, 2.45) is 0 Å². The highest BCUT2D eigenvalue weighted by Crippen LogP contribution is 2.27. The molecule has 0 bridgehead atoms.